The van der Waals surface area contributed by atoms with Gasteiger partial charge in [-0.05, 0) is 23.2 Å². The summed E-state index contributed by atoms with van der Waals surface area (Å²) in [5, 5.41) is 11.2. The highest BCUT2D eigenvalue weighted by Crippen LogP contribution is 2.51. The Hall–Kier alpha value is -0.670. The fourth-order valence-corrected chi connectivity index (χ4v) is 4.57. The Morgan fingerprint density at radius 3 is 2.94 bits per heavy atom. The van der Waals surface area contributed by atoms with Crippen LogP contribution in [-0.4, -0.2) is 23.2 Å². The number of hydrogen-bond donors (Lipinski definition) is 1. The third kappa shape index (κ3) is 1.68. The monoisotopic (exact) mass is 264 g/mol. The first-order chi connectivity index (χ1) is 8.55. The number of aliphatic hydroxyl groups is 1. The van der Waals surface area contributed by atoms with Crippen LogP contribution < -0.4 is 4.74 Å². The van der Waals surface area contributed by atoms with Gasteiger partial charge in [0.05, 0.1) is 6.61 Å². The van der Waals surface area contributed by atoms with Crippen LogP contribution in [0, 0.1) is 5.41 Å². The first-order valence-electron chi connectivity index (χ1n) is 6.60. The van der Waals surface area contributed by atoms with Crippen molar-refractivity contribution in [3.05, 3.63) is 29.3 Å². The fourth-order valence-electron chi connectivity index (χ4n) is 2.93. The number of thioether (sulfide) groups is 1. The SMILES string of the molecule is CC1(C)CCSCC1(O)c1cccc2c1OCC2. The minimum absolute atomic E-state index is 0.0979. The van der Waals surface area contributed by atoms with Crippen molar-refractivity contribution in [1.82, 2.24) is 0 Å². The van der Waals surface area contributed by atoms with E-state index in [0.29, 0.717) is 0 Å². The van der Waals surface area contributed by atoms with E-state index in [9.17, 15) is 5.11 Å². The van der Waals surface area contributed by atoms with Gasteiger partial charge in [-0.25, -0.2) is 0 Å². The van der Waals surface area contributed by atoms with Gasteiger partial charge in [-0.2, -0.15) is 11.8 Å². The van der Waals surface area contributed by atoms with Gasteiger partial charge in [-0.3, -0.25) is 0 Å². The summed E-state index contributed by atoms with van der Waals surface area (Å²) in [5.74, 6) is 2.83. The summed E-state index contributed by atoms with van der Waals surface area (Å²) in [6.07, 6.45) is 2.00. The summed E-state index contributed by atoms with van der Waals surface area (Å²) in [5.41, 5.74) is 1.37. The molecule has 2 aliphatic rings. The highest BCUT2D eigenvalue weighted by Gasteiger charge is 2.48. The molecule has 0 bridgehead atoms. The maximum Gasteiger partial charge on any atom is 0.128 e. The second-order valence-electron chi connectivity index (χ2n) is 5.94. The number of rotatable bonds is 1. The van der Waals surface area contributed by atoms with Crippen LogP contribution in [0.4, 0.5) is 0 Å². The Labute approximate surface area is 113 Å². The van der Waals surface area contributed by atoms with Crippen LogP contribution in [0.1, 0.15) is 31.4 Å². The Morgan fingerprint density at radius 2 is 2.17 bits per heavy atom. The second-order valence-corrected chi connectivity index (χ2v) is 7.04. The lowest BCUT2D eigenvalue weighted by molar-refractivity contribution is -0.0593. The van der Waals surface area contributed by atoms with Gasteiger partial charge < -0.3 is 9.84 Å². The van der Waals surface area contributed by atoms with Crippen molar-refractivity contribution in [2.75, 3.05) is 18.1 Å². The van der Waals surface area contributed by atoms with E-state index in [1.165, 1.54) is 5.56 Å². The molecule has 98 valence electrons. The Kier molecular flexibility index (Phi) is 2.87. The van der Waals surface area contributed by atoms with Crippen molar-refractivity contribution >= 4 is 11.8 Å². The van der Waals surface area contributed by atoms with Gasteiger partial charge in [-0.15, -0.1) is 0 Å². The van der Waals surface area contributed by atoms with Gasteiger partial charge in [0.25, 0.3) is 0 Å². The molecule has 2 heterocycles. The Morgan fingerprint density at radius 1 is 1.33 bits per heavy atom. The average Bonchev–Trinajstić information content (AvgIpc) is 2.80. The molecular formula is C15H20O2S. The topological polar surface area (TPSA) is 29.5 Å². The van der Waals surface area contributed by atoms with E-state index in [-0.39, 0.29) is 5.41 Å². The number of ether oxygens (including phenoxy) is 1. The molecule has 0 radical (unpaired) electrons. The van der Waals surface area contributed by atoms with Gasteiger partial charge in [0.2, 0.25) is 0 Å². The van der Waals surface area contributed by atoms with Crippen molar-refractivity contribution in [3.8, 4) is 5.75 Å². The maximum absolute atomic E-state index is 11.2. The lowest BCUT2D eigenvalue weighted by atomic mass is 9.69. The smallest absolute Gasteiger partial charge is 0.128 e. The number of hydrogen-bond acceptors (Lipinski definition) is 3. The number of para-hydroxylation sites is 1. The van der Waals surface area contributed by atoms with Crippen LogP contribution >= 0.6 is 11.8 Å². The molecule has 3 heteroatoms. The van der Waals surface area contributed by atoms with Gasteiger partial charge >= 0.3 is 0 Å². The lowest BCUT2D eigenvalue weighted by Gasteiger charge is -2.46. The normalized spacial score (nSPS) is 29.7. The van der Waals surface area contributed by atoms with Crippen LogP contribution in [0.2, 0.25) is 0 Å². The van der Waals surface area contributed by atoms with Crippen molar-refractivity contribution in [2.24, 2.45) is 5.41 Å². The van der Waals surface area contributed by atoms with Crippen molar-refractivity contribution in [2.45, 2.75) is 32.3 Å². The van der Waals surface area contributed by atoms with Crippen LogP contribution in [0.15, 0.2) is 18.2 Å². The predicted molar refractivity (Wildman–Crippen MR) is 75.3 cm³/mol. The standard InChI is InChI=1S/C15H20O2S/c1-14(2)7-9-18-10-15(14,16)12-5-3-4-11-6-8-17-13(11)12/h3-5,16H,6-10H2,1-2H3. The molecule has 0 amide bonds. The molecule has 1 aromatic rings. The van der Waals surface area contributed by atoms with E-state index < -0.39 is 5.60 Å². The third-order valence-electron chi connectivity index (χ3n) is 4.46. The summed E-state index contributed by atoms with van der Waals surface area (Å²) >= 11 is 1.84. The molecule has 0 aromatic heterocycles. The van der Waals surface area contributed by atoms with Crippen molar-refractivity contribution in [1.29, 1.82) is 0 Å². The lowest BCUT2D eigenvalue weighted by Crippen LogP contribution is -2.47. The molecule has 0 aliphatic carbocycles. The van der Waals surface area contributed by atoms with E-state index in [1.54, 1.807) is 0 Å². The average molecular weight is 264 g/mol. The second kappa shape index (κ2) is 4.17. The molecule has 1 saturated heterocycles. The predicted octanol–water partition coefficient (Wildman–Crippen LogP) is 2.97. The fraction of sp³-hybridized carbons (Fsp3) is 0.600. The highest BCUT2D eigenvalue weighted by atomic mass is 32.2. The molecule has 1 N–H and O–H groups in total. The molecule has 1 fully saturated rings. The van der Waals surface area contributed by atoms with E-state index >= 15 is 0 Å². The first kappa shape index (κ1) is 12.4. The minimum atomic E-state index is -0.772. The summed E-state index contributed by atoms with van der Waals surface area (Å²) < 4.78 is 5.77. The maximum atomic E-state index is 11.2. The molecule has 2 nitrogen and oxygen atoms in total. The highest BCUT2D eigenvalue weighted by molar-refractivity contribution is 7.99. The molecule has 18 heavy (non-hydrogen) atoms. The minimum Gasteiger partial charge on any atom is -0.493 e. The molecule has 1 atom stereocenters. The van der Waals surface area contributed by atoms with Gasteiger partial charge in [0, 0.05) is 17.7 Å². The van der Waals surface area contributed by atoms with Crippen LogP contribution in [-0.2, 0) is 12.0 Å². The van der Waals surface area contributed by atoms with Crippen molar-refractivity contribution < 1.29 is 9.84 Å². The van der Waals surface area contributed by atoms with Crippen LogP contribution in [0.25, 0.3) is 0 Å². The van der Waals surface area contributed by atoms with E-state index in [2.05, 4.69) is 26.0 Å². The summed E-state index contributed by atoms with van der Waals surface area (Å²) in [6, 6.07) is 6.20. The number of fused-ring (bicyclic) bond motifs is 1. The third-order valence-corrected chi connectivity index (χ3v) is 5.58. The molecule has 3 rings (SSSR count). The van der Waals surface area contributed by atoms with Gasteiger partial charge in [0.1, 0.15) is 11.4 Å². The summed E-state index contributed by atoms with van der Waals surface area (Å²) in [6.45, 7) is 5.08. The molecular weight excluding hydrogens is 244 g/mol. The first-order valence-corrected chi connectivity index (χ1v) is 7.75. The summed E-state index contributed by atoms with van der Waals surface area (Å²) in [7, 11) is 0. The Balaban J connectivity index is 2.11. The van der Waals surface area contributed by atoms with E-state index in [0.717, 1.165) is 42.3 Å². The van der Waals surface area contributed by atoms with E-state index in [1.807, 2.05) is 17.8 Å². The molecule has 2 aliphatic heterocycles. The zero-order valence-corrected chi connectivity index (χ0v) is 11.8. The zero-order chi connectivity index (χ0) is 12.8. The van der Waals surface area contributed by atoms with Crippen LogP contribution in [0.3, 0.4) is 0 Å². The molecule has 0 spiro atoms. The van der Waals surface area contributed by atoms with E-state index in [4.69, 9.17) is 4.74 Å². The molecule has 0 saturated carbocycles. The van der Waals surface area contributed by atoms with Crippen molar-refractivity contribution in [3.63, 3.8) is 0 Å². The zero-order valence-electron chi connectivity index (χ0n) is 11.0. The molecule has 1 aromatic carbocycles. The quantitative estimate of drug-likeness (QED) is 0.845. The largest absolute Gasteiger partial charge is 0.493 e. The summed E-state index contributed by atoms with van der Waals surface area (Å²) in [4.78, 5) is 0. The number of benzene rings is 1. The Bertz CT molecular complexity index is 470. The van der Waals surface area contributed by atoms with Gasteiger partial charge in [-0.1, -0.05) is 32.0 Å². The van der Waals surface area contributed by atoms with Gasteiger partial charge in [0.15, 0.2) is 0 Å². The van der Waals surface area contributed by atoms with Crippen LogP contribution in [0.5, 0.6) is 5.75 Å². The molecule has 1 unspecified atom stereocenters.